The quantitative estimate of drug-likeness (QED) is 0.876. The van der Waals surface area contributed by atoms with Gasteiger partial charge in [-0.15, -0.1) is 0 Å². The first-order chi connectivity index (χ1) is 10.2. The molecule has 21 heavy (non-hydrogen) atoms. The third-order valence-corrected chi connectivity index (χ3v) is 5.50. The Hall–Kier alpha value is -0.580. The normalized spacial score (nSPS) is 26.8. The summed E-state index contributed by atoms with van der Waals surface area (Å²) in [6.45, 7) is 2.30. The van der Waals surface area contributed by atoms with E-state index in [-0.39, 0.29) is 0 Å². The smallest absolute Gasteiger partial charge is 0.119 e. The molecular formula is C17H25BrN2O. The summed E-state index contributed by atoms with van der Waals surface area (Å²) in [6.07, 6.45) is 5.32. The topological polar surface area (TPSA) is 24.5 Å². The van der Waals surface area contributed by atoms with E-state index in [0.717, 1.165) is 18.3 Å². The van der Waals surface area contributed by atoms with Crippen molar-refractivity contribution < 1.29 is 4.74 Å². The molecule has 1 N–H and O–H groups in total. The molecule has 116 valence electrons. The van der Waals surface area contributed by atoms with Gasteiger partial charge in [-0.05, 0) is 69.0 Å². The summed E-state index contributed by atoms with van der Waals surface area (Å²) in [5.74, 6) is 1.62. The fraction of sp³-hybridized carbons (Fsp3) is 0.647. The Balaban J connectivity index is 1.83. The standard InChI is InChI=1S/C17H25BrN2O/c1-20-9-3-4-12(11-19-13-5-6-13)17(20)15-10-14(21-2)7-8-16(15)18/h7-8,10,12-13,17,19H,3-6,9,11H2,1-2H3. The third kappa shape index (κ3) is 3.61. The lowest BCUT2D eigenvalue weighted by molar-refractivity contribution is 0.118. The second-order valence-electron chi connectivity index (χ2n) is 6.40. The highest BCUT2D eigenvalue weighted by Gasteiger charge is 2.33. The monoisotopic (exact) mass is 352 g/mol. The molecule has 4 heteroatoms. The van der Waals surface area contributed by atoms with Crippen molar-refractivity contribution in [2.45, 2.75) is 37.8 Å². The van der Waals surface area contributed by atoms with Crippen molar-refractivity contribution >= 4 is 15.9 Å². The zero-order valence-corrected chi connectivity index (χ0v) is 14.5. The molecule has 3 rings (SSSR count). The number of halogens is 1. The Morgan fingerprint density at radius 3 is 2.86 bits per heavy atom. The van der Waals surface area contributed by atoms with E-state index in [1.165, 1.54) is 42.3 Å². The Morgan fingerprint density at radius 2 is 2.14 bits per heavy atom. The van der Waals surface area contributed by atoms with Gasteiger partial charge in [-0.25, -0.2) is 0 Å². The van der Waals surface area contributed by atoms with Crippen LogP contribution in [0.25, 0.3) is 0 Å². The highest BCUT2D eigenvalue weighted by Crippen LogP contribution is 2.39. The summed E-state index contributed by atoms with van der Waals surface area (Å²) in [5, 5.41) is 3.72. The summed E-state index contributed by atoms with van der Waals surface area (Å²) < 4.78 is 6.62. The maximum absolute atomic E-state index is 5.42. The number of hydrogen-bond donors (Lipinski definition) is 1. The van der Waals surface area contributed by atoms with Gasteiger partial charge in [-0.3, -0.25) is 4.90 Å². The molecule has 0 amide bonds. The molecule has 1 aliphatic carbocycles. The number of rotatable bonds is 5. The minimum Gasteiger partial charge on any atom is -0.497 e. The van der Waals surface area contributed by atoms with E-state index in [0.29, 0.717) is 12.0 Å². The van der Waals surface area contributed by atoms with Crippen molar-refractivity contribution in [3.63, 3.8) is 0 Å². The SMILES string of the molecule is COc1ccc(Br)c(C2C(CNC3CC3)CCCN2C)c1. The molecule has 1 aliphatic heterocycles. The van der Waals surface area contributed by atoms with Crippen LogP contribution in [0.5, 0.6) is 5.75 Å². The predicted octanol–water partition coefficient (Wildman–Crippen LogP) is 3.59. The van der Waals surface area contributed by atoms with E-state index >= 15 is 0 Å². The van der Waals surface area contributed by atoms with Gasteiger partial charge in [0.2, 0.25) is 0 Å². The number of hydrogen-bond acceptors (Lipinski definition) is 3. The highest BCUT2D eigenvalue weighted by molar-refractivity contribution is 9.10. The summed E-state index contributed by atoms with van der Waals surface area (Å²) in [5.41, 5.74) is 1.36. The van der Waals surface area contributed by atoms with Gasteiger partial charge in [0.25, 0.3) is 0 Å². The summed E-state index contributed by atoms with van der Waals surface area (Å²) in [6, 6.07) is 7.58. The Bertz CT molecular complexity index is 490. The number of nitrogens with one attached hydrogen (secondary N) is 1. The van der Waals surface area contributed by atoms with Gasteiger partial charge in [0, 0.05) is 23.1 Å². The molecule has 1 heterocycles. The first-order valence-electron chi connectivity index (χ1n) is 7.96. The molecule has 0 spiro atoms. The van der Waals surface area contributed by atoms with E-state index in [1.54, 1.807) is 7.11 Å². The number of benzene rings is 1. The van der Waals surface area contributed by atoms with Gasteiger partial charge < -0.3 is 10.1 Å². The third-order valence-electron chi connectivity index (χ3n) is 4.77. The van der Waals surface area contributed by atoms with E-state index in [9.17, 15) is 0 Å². The van der Waals surface area contributed by atoms with Crippen LogP contribution in [-0.4, -0.2) is 38.2 Å². The van der Waals surface area contributed by atoms with Gasteiger partial charge >= 0.3 is 0 Å². The van der Waals surface area contributed by atoms with Crippen LogP contribution >= 0.6 is 15.9 Å². The van der Waals surface area contributed by atoms with E-state index in [1.807, 2.05) is 6.07 Å². The van der Waals surface area contributed by atoms with Crippen LogP contribution in [0, 0.1) is 5.92 Å². The van der Waals surface area contributed by atoms with Crippen LogP contribution in [0.15, 0.2) is 22.7 Å². The number of methoxy groups -OCH3 is 1. The number of piperidine rings is 1. The maximum Gasteiger partial charge on any atom is 0.119 e. The molecule has 2 unspecified atom stereocenters. The fourth-order valence-electron chi connectivity index (χ4n) is 3.45. The Labute approximate surface area is 136 Å². The molecule has 1 aromatic rings. The molecular weight excluding hydrogens is 328 g/mol. The van der Waals surface area contributed by atoms with Crippen molar-refractivity contribution in [1.29, 1.82) is 0 Å². The first-order valence-corrected chi connectivity index (χ1v) is 8.75. The highest BCUT2D eigenvalue weighted by atomic mass is 79.9. The second-order valence-corrected chi connectivity index (χ2v) is 7.25. The lowest BCUT2D eigenvalue weighted by atomic mass is 9.84. The molecule has 1 saturated carbocycles. The second kappa shape index (κ2) is 6.67. The average molecular weight is 353 g/mol. The predicted molar refractivity (Wildman–Crippen MR) is 89.8 cm³/mol. The van der Waals surface area contributed by atoms with Gasteiger partial charge in [0.15, 0.2) is 0 Å². The zero-order chi connectivity index (χ0) is 14.8. The molecule has 0 radical (unpaired) electrons. The molecule has 2 atom stereocenters. The van der Waals surface area contributed by atoms with Crippen LogP contribution in [0.4, 0.5) is 0 Å². The van der Waals surface area contributed by atoms with Gasteiger partial charge in [-0.2, -0.15) is 0 Å². The van der Waals surface area contributed by atoms with Gasteiger partial charge in [0.1, 0.15) is 5.75 Å². The van der Waals surface area contributed by atoms with Crippen molar-refractivity contribution in [1.82, 2.24) is 10.2 Å². The lowest BCUT2D eigenvalue weighted by Gasteiger charge is -2.40. The summed E-state index contributed by atoms with van der Waals surface area (Å²) >= 11 is 3.74. The van der Waals surface area contributed by atoms with Gasteiger partial charge in [-0.1, -0.05) is 15.9 Å². The van der Waals surface area contributed by atoms with E-state index in [4.69, 9.17) is 4.74 Å². The first kappa shape index (κ1) is 15.3. The van der Waals surface area contributed by atoms with Crippen molar-refractivity contribution in [2.24, 2.45) is 5.92 Å². The molecule has 3 nitrogen and oxygen atoms in total. The van der Waals surface area contributed by atoms with Crippen LogP contribution < -0.4 is 10.1 Å². The molecule has 2 aliphatic rings. The minimum atomic E-state index is 0.467. The van der Waals surface area contributed by atoms with Gasteiger partial charge in [0.05, 0.1) is 7.11 Å². The van der Waals surface area contributed by atoms with Crippen molar-refractivity contribution in [2.75, 3.05) is 27.2 Å². The molecule has 1 saturated heterocycles. The molecule has 2 fully saturated rings. The minimum absolute atomic E-state index is 0.467. The van der Waals surface area contributed by atoms with Crippen molar-refractivity contribution in [3.05, 3.63) is 28.2 Å². The zero-order valence-electron chi connectivity index (χ0n) is 12.9. The number of nitrogens with zero attached hydrogens (tertiary/aromatic N) is 1. The Kier molecular flexibility index (Phi) is 4.87. The van der Waals surface area contributed by atoms with E-state index < -0.39 is 0 Å². The fourth-order valence-corrected chi connectivity index (χ4v) is 3.93. The van der Waals surface area contributed by atoms with Crippen LogP contribution in [0.2, 0.25) is 0 Å². The number of ether oxygens (including phenoxy) is 1. The molecule has 0 aromatic heterocycles. The van der Waals surface area contributed by atoms with Crippen LogP contribution in [0.1, 0.15) is 37.3 Å². The maximum atomic E-state index is 5.42. The van der Waals surface area contributed by atoms with Crippen LogP contribution in [0.3, 0.4) is 0 Å². The van der Waals surface area contributed by atoms with Crippen LogP contribution in [-0.2, 0) is 0 Å². The summed E-state index contributed by atoms with van der Waals surface area (Å²) in [7, 11) is 3.99. The Morgan fingerprint density at radius 1 is 1.33 bits per heavy atom. The number of likely N-dealkylation sites (tertiary alicyclic amines) is 1. The lowest BCUT2D eigenvalue weighted by Crippen LogP contribution is -2.41. The largest absolute Gasteiger partial charge is 0.497 e. The average Bonchev–Trinajstić information content (AvgIpc) is 3.30. The van der Waals surface area contributed by atoms with E-state index in [2.05, 4.69) is 45.3 Å². The molecule has 1 aromatic carbocycles. The summed E-state index contributed by atoms with van der Waals surface area (Å²) in [4.78, 5) is 2.50. The van der Waals surface area contributed by atoms with Crippen molar-refractivity contribution in [3.8, 4) is 5.75 Å². The molecule has 0 bridgehead atoms.